The molecule has 0 saturated heterocycles. The SMILES string of the molecule is CC(=O)NCC(O)C(O)c1ccc(Oc2ccccc2)cc1. The molecule has 116 valence electrons. The Hall–Kier alpha value is -2.37. The van der Waals surface area contributed by atoms with Gasteiger partial charge in [-0.1, -0.05) is 30.3 Å². The third-order valence-electron chi connectivity index (χ3n) is 3.13. The average molecular weight is 301 g/mol. The maximum Gasteiger partial charge on any atom is 0.216 e. The molecule has 0 heterocycles. The summed E-state index contributed by atoms with van der Waals surface area (Å²) >= 11 is 0. The Morgan fingerprint density at radius 3 is 2.23 bits per heavy atom. The number of hydrogen-bond donors (Lipinski definition) is 3. The number of amides is 1. The van der Waals surface area contributed by atoms with Gasteiger partial charge in [-0.05, 0) is 29.8 Å². The zero-order valence-corrected chi connectivity index (χ0v) is 12.3. The molecule has 2 unspecified atom stereocenters. The number of aliphatic hydroxyl groups is 2. The smallest absolute Gasteiger partial charge is 0.216 e. The Kier molecular flexibility index (Phi) is 5.52. The lowest BCUT2D eigenvalue weighted by atomic mass is 10.0. The van der Waals surface area contributed by atoms with Crippen LogP contribution in [0.4, 0.5) is 0 Å². The van der Waals surface area contributed by atoms with E-state index in [1.807, 2.05) is 30.3 Å². The Morgan fingerprint density at radius 2 is 1.64 bits per heavy atom. The van der Waals surface area contributed by atoms with Crippen molar-refractivity contribution < 1.29 is 19.7 Å². The first-order valence-electron chi connectivity index (χ1n) is 6.99. The monoisotopic (exact) mass is 301 g/mol. The van der Waals surface area contributed by atoms with Crippen molar-refractivity contribution in [3.63, 3.8) is 0 Å². The van der Waals surface area contributed by atoms with Crippen LogP contribution in [0.15, 0.2) is 54.6 Å². The summed E-state index contributed by atoms with van der Waals surface area (Å²) in [7, 11) is 0. The number of ether oxygens (including phenoxy) is 1. The molecule has 22 heavy (non-hydrogen) atoms. The van der Waals surface area contributed by atoms with Gasteiger partial charge >= 0.3 is 0 Å². The number of nitrogens with one attached hydrogen (secondary N) is 1. The molecule has 5 heteroatoms. The maximum atomic E-state index is 10.8. The molecule has 2 aromatic rings. The first-order valence-corrected chi connectivity index (χ1v) is 6.99. The maximum absolute atomic E-state index is 10.8. The van der Waals surface area contributed by atoms with Gasteiger partial charge in [0.25, 0.3) is 0 Å². The number of hydrogen-bond acceptors (Lipinski definition) is 4. The van der Waals surface area contributed by atoms with Crippen LogP contribution in [0, 0.1) is 0 Å². The van der Waals surface area contributed by atoms with Gasteiger partial charge in [-0.15, -0.1) is 0 Å². The van der Waals surface area contributed by atoms with Gasteiger partial charge in [-0.25, -0.2) is 0 Å². The van der Waals surface area contributed by atoms with Crippen LogP contribution in [0.2, 0.25) is 0 Å². The van der Waals surface area contributed by atoms with Gasteiger partial charge in [0.1, 0.15) is 23.7 Å². The number of carbonyl (C=O) groups is 1. The molecule has 0 bridgehead atoms. The van der Waals surface area contributed by atoms with E-state index in [0.29, 0.717) is 11.3 Å². The molecule has 0 aliphatic carbocycles. The van der Waals surface area contributed by atoms with E-state index < -0.39 is 12.2 Å². The van der Waals surface area contributed by atoms with Crippen molar-refractivity contribution in [2.75, 3.05) is 6.54 Å². The van der Waals surface area contributed by atoms with E-state index in [4.69, 9.17) is 4.74 Å². The molecular formula is C17H19NO4. The van der Waals surface area contributed by atoms with E-state index >= 15 is 0 Å². The van der Waals surface area contributed by atoms with Gasteiger partial charge < -0.3 is 20.3 Å². The number of para-hydroxylation sites is 1. The van der Waals surface area contributed by atoms with Crippen molar-refractivity contribution in [2.24, 2.45) is 0 Å². The minimum absolute atomic E-state index is 0.00122. The first-order chi connectivity index (χ1) is 10.6. The summed E-state index contributed by atoms with van der Waals surface area (Å²) in [5.41, 5.74) is 0.554. The van der Waals surface area contributed by atoms with Crippen LogP contribution in [0.5, 0.6) is 11.5 Å². The van der Waals surface area contributed by atoms with Crippen molar-refractivity contribution in [3.05, 3.63) is 60.2 Å². The molecule has 3 N–H and O–H groups in total. The van der Waals surface area contributed by atoms with E-state index in [1.165, 1.54) is 6.92 Å². The Bertz CT molecular complexity index is 598. The zero-order valence-electron chi connectivity index (χ0n) is 12.3. The minimum atomic E-state index is -1.07. The third kappa shape index (κ3) is 4.58. The Morgan fingerprint density at radius 1 is 1.05 bits per heavy atom. The summed E-state index contributed by atoms with van der Waals surface area (Å²) in [6.07, 6.45) is -2.14. The number of carbonyl (C=O) groups excluding carboxylic acids is 1. The molecule has 0 fully saturated rings. The summed E-state index contributed by atoms with van der Waals surface area (Å²) in [4.78, 5) is 10.8. The summed E-state index contributed by atoms with van der Waals surface area (Å²) in [6.45, 7) is 1.35. The summed E-state index contributed by atoms with van der Waals surface area (Å²) in [5.74, 6) is 1.11. The summed E-state index contributed by atoms with van der Waals surface area (Å²) < 4.78 is 5.65. The number of rotatable bonds is 6. The van der Waals surface area contributed by atoms with E-state index in [1.54, 1.807) is 24.3 Å². The topological polar surface area (TPSA) is 78.8 Å². The van der Waals surface area contributed by atoms with Crippen LogP contribution in [0.1, 0.15) is 18.6 Å². The molecule has 0 aliphatic rings. The Balaban J connectivity index is 1.97. The second-order valence-electron chi connectivity index (χ2n) is 4.93. The molecule has 2 rings (SSSR count). The van der Waals surface area contributed by atoms with E-state index in [0.717, 1.165) is 5.75 Å². The lowest BCUT2D eigenvalue weighted by Crippen LogP contribution is -2.34. The van der Waals surface area contributed by atoms with Crippen LogP contribution >= 0.6 is 0 Å². The summed E-state index contributed by atoms with van der Waals surface area (Å²) in [6, 6.07) is 16.2. The zero-order chi connectivity index (χ0) is 15.9. The largest absolute Gasteiger partial charge is 0.457 e. The highest BCUT2D eigenvalue weighted by molar-refractivity contribution is 5.72. The fourth-order valence-electron chi connectivity index (χ4n) is 1.94. The predicted molar refractivity (Wildman–Crippen MR) is 82.6 cm³/mol. The van der Waals surface area contributed by atoms with Crippen molar-refractivity contribution in [1.82, 2.24) is 5.32 Å². The molecule has 2 atom stereocenters. The van der Waals surface area contributed by atoms with Gasteiger partial charge in [-0.2, -0.15) is 0 Å². The van der Waals surface area contributed by atoms with Gasteiger partial charge in [-0.3, -0.25) is 4.79 Å². The third-order valence-corrected chi connectivity index (χ3v) is 3.13. The molecule has 0 radical (unpaired) electrons. The number of aliphatic hydroxyl groups excluding tert-OH is 2. The lowest BCUT2D eigenvalue weighted by Gasteiger charge is -2.18. The van der Waals surface area contributed by atoms with Crippen molar-refractivity contribution in [1.29, 1.82) is 0 Å². The highest BCUT2D eigenvalue weighted by Gasteiger charge is 2.18. The summed E-state index contributed by atoms with van der Waals surface area (Å²) in [5, 5.41) is 22.3. The molecule has 0 spiro atoms. The predicted octanol–water partition coefficient (Wildman–Crippen LogP) is 2.01. The molecule has 0 aliphatic heterocycles. The minimum Gasteiger partial charge on any atom is -0.457 e. The van der Waals surface area contributed by atoms with Gasteiger partial charge in [0, 0.05) is 13.5 Å². The van der Waals surface area contributed by atoms with E-state index in [-0.39, 0.29) is 12.5 Å². The first kappa shape index (κ1) is 16.0. The van der Waals surface area contributed by atoms with Crippen molar-refractivity contribution >= 4 is 5.91 Å². The van der Waals surface area contributed by atoms with Gasteiger partial charge in [0.05, 0.1) is 0 Å². The molecule has 5 nitrogen and oxygen atoms in total. The van der Waals surface area contributed by atoms with Crippen LogP contribution in [0.3, 0.4) is 0 Å². The van der Waals surface area contributed by atoms with Crippen molar-refractivity contribution in [3.8, 4) is 11.5 Å². The highest BCUT2D eigenvalue weighted by Crippen LogP contribution is 2.24. The van der Waals surface area contributed by atoms with Crippen LogP contribution in [-0.2, 0) is 4.79 Å². The average Bonchev–Trinajstić information content (AvgIpc) is 2.53. The fourth-order valence-corrected chi connectivity index (χ4v) is 1.94. The second-order valence-corrected chi connectivity index (χ2v) is 4.93. The highest BCUT2D eigenvalue weighted by atomic mass is 16.5. The Labute approximate surface area is 129 Å². The van der Waals surface area contributed by atoms with Gasteiger partial charge in [0.15, 0.2) is 0 Å². The van der Waals surface area contributed by atoms with Crippen LogP contribution in [0.25, 0.3) is 0 Å². The van der Waals surface area contributed by atoms with E-state index in [2.05, 4.69) is 5.32 Å². The van der Waals surface area contributed by atoms with Gasteiger partial charge in [0.2, 0.25) is 5.91 Å². The standard InChI is InChI=1S/C17H19NO4/c1-12(19)18-11-16(20)17(21)13-7-9-15(10-8-13)22-14-5-3-2-4-6-14/h2-10,16-17,20-21H,11H2,1H3,(H,18,19). The molecular weight excluding hydrogens is 282 g/mol. The van der Waals surface area contributed by atoms with E-state index in [9.17, 15) is 15.0 Å². The quantitative estimate of drug-likeness (QED) is 0.762. The van der Waals surface area contributed by atoms with Crippen LogP contribution in [-0.4, -0.2) is 28.8 Å². The number of benzene rings is 2. The molecule has 1 amide bonds. The normalized spacial score (nSPS) is 13.2. The van der Waals surface area contributed by atoms with Crippen molar-refractivity contribution in [2.45, 2.75) is 19.1 Å². The van der Waals surface area contributed by atoms with Crippen LogP contribution < -0.4 is 10.1 Å². The fraction of sp³-hybridized carbons (Fsp3) is 0.235. The molecule has 0 saturated carbocycles. The molecule has 2 aromatic carbocycles. The molecule has 0 aromatic heterocycles. The second kappa shape index (κ2) is 7.59. The lowest BCUT2D eigenvalue weighted by molar-refractivity contribution is -0.119.